The van der Waals surface area contributed by atoms with E-state index in [4.69, 9.17) is 4.74 Å². The highest BCUT2D eigenvalue weighted by molar-refractivity contribution is 5.60. The molecule has 3 nitrogen and oxygen atoms in total. The van der Waals surface area contributed by atoms with E-state index in [1.54, 1.807) is 12.0 Å². The average Bonchev–Trinajstić information content (AvgIpc) is 2.25. The summed E-state index contributed by atoms with van der Waals surface area (Å²) in [5, 5.41) is 9.17. The van der Waals surface area contributed by atoms with Crippen LogP contribution in [0.25, 0.3) is 0 Å². The van der Waals surface area contributed by atoms with E-state index in [9.17, 15) is 5.11 Å². The first-order chi connectivity index (χ1) is 7.40. The number of aliphatic hydroxyl groups excluding tert-OH is 1. The zero-order valence-corrected chi connectivity index (χ0v) is 10.7. The molecule has 0 aliphatic heterocycles. The third-order valence-electron chi connectivity index (χ3n) is 2.67. The standard InChI is InChI=1S/C13H21NO2/c1-13(2,3)10-6-7-12(16-5)11(8-10)14(4)9-15/h6-8,15H,9H2,1-5H3. The van der Waals surface area contributed by atoms with Gasteiger partial charge in [-0.3, -0.25) is 0 Å². The van der Waals surface area contributed by atoms with Crippen molar-refractivity contribution >= 4 is 5.69 Å². The Morgan fingerprint density at radius 3 is 2.38 bits per heavy atom. The molecule has 16 heavy (non-hydrogen) atoms. The van der Waals surface area contributed by atoms with Crippen LogP contribution in [0.15, 0.2) is 18.2 Å². The highest BCUT2D eigenvalue weighted by atomic mass is 16.5. The molecule has 1 aromatic rings. The van der Waals surface area contributed by atoms with Gasteiger partial charge in [0.05, 0.1) is 12.8 Å². The molecular formula is C13H21NO2. The Balaban J connectivity index is 3.21. The second-order valence-electron chi connectivity index (χ2n) is 4.98. The number of rotatable bonds is 3. The molecule has 0 aromatic heterocycles. The Hall–Kier alpha value is -1.22. The Morgan fingerprint density at radius 1 is 1.31 bits per heavy atom. The molecule has 90 valence electrons. The van der Waals surface area contributed by atoms with Gasteiger partial charge in [-0.05, 0) is 23.1 Å². The Labute approximate surface area is 97.7 Å². The Bertz CT molecular complexity index is 355. The van der Waals surface area contributed by atoms with Crippen LogP contribution in [0.1, 0.15) is 26.3 Å². The van der Waals surface area contributed by atoms with E-state index in [0.717, 1.165) is 11.4 Å². The van der Waals surface area contributed by atoms with Gasteiger partial charge in [-0.15, -0.1) is 0 Å². The van der Waals surface area contributed by atoms with Crippen molar-refractivity contribution in [1.82, 2.24) is 0 Å². The topological polar surface area (TPSA) is 32.7 Å². The quantitative estimate of drug-likeness (QED) is 0.799. The number of benzene rings is 1. The number of nitrogens with zero attached hydrogens (tertiary/aromatic N) is 1. The number of hydrogen-bond acceptors (Lipinski definition) is 3. The summed E-state index contributed by atoms with van der Waals surface area (Å²) in [5.41, 5.74) is 2.23. The van der Waals surface area contributed by atoms with Gasteiger partial charge in [0.2, 0.25) is 0 Å². The molecular weight excluding hydrogens is 202 g/mol. The van der Waals surface area contributed by atoms with Crippen molar-refractivity contribution in [2.24, 2.45) is 0 Å². The average molecular weight is 223 g/mol. The normalized spacial score (nSPS) is 11.4. The highest BCUT2D eigenvalue weighted by Gasteiger charge is 2.17. The summed E-state index contributed by atoms with van der Waals surface area (Å²) in [6.45, 7) is 6.47. The monoisotopic (exact) mass is 223 g/mol. The molecule has 0 bridgehead atoms. The van der Waals surface area contributed by atoms with Crippen LogP contribution in [0.5, 0.6) is 5.75 Å². The van der Waals surface area contributed by atoms with Gasteiger partial charge in [-0.1, -0.05) is 26.8 Å². The molecule has 1 aromatic carbocycles. The van der Waals surface area contributed by atoms with Crippen molar-refractivity contribution in [1.29, 1.82) is 0 Å². The van der Waals surface area contributed by atoms with Gasteiger partial charge in [0, 0.05) is 7.05 Å². The number of anilines is 1. The molecule has 0 amide bonds. The molecule has 0 fully saturated rings. The largest absolute Gasteiger partial charge is 0.495 e. The summed E-state index contributed by atoms with van der Waals surface area (Å²) < 4.78 is 5.28. The third kappa shape index (κ3) is 2.67. The fourth-order valence-corrected chi connectivity index (χ4v) is 1.53. The summed E-state index contributed by atoms with van der Waals surface area (Å²) >= 11 is 0. The van der Waals surface area contributed by atoms with E-state index < -0.39 is 0 Å². The summed E-state index contributed by atoms with van der Waals surface area (Å²) in [7, 11) is 3.48. The number of aliphatic hydroxyl groups is 1. The van der Waals surface area contributed by atoms with Crippen LogP contribution in [0, 0.1) is 0 Å². The van der Waals surface area contributed by atoms with Gasteiger partial charge in [0.1, 0.15) is 12.5 Å². The number of methoxy groups -OCH3 is 1. The van der Waals surface area contributed by atoms with Crippen LogP contribution >= 0.6 is 0 Å². The summed E-state index contributed by atoms with van der Waals surface area (Å²) in [6.07, 6.45) is 0. The zero-order chi connectivity index (χ0) is 12.3. The zero-order valence-electron chi connectivity index (χ0n) is 10.7. The summed E-state index contributed by atoms with van der Waals surface area (Å²) in [4.78, 5) is 1.76. The third-order valence-corrected chi connectivity index (χ3v) is 2.67. The lowest BCUT2D eigenvalue weighted by Gasteiger charge is -2.24. The maximum absolute atomic E-state index is 9.17. The minimum atomic E-state index is -0.0239. The highest BCUT2D eigenvalue weighted by Crippen LogP contribution is 2.33. The van der Waals surface area contributed by atoms with Crippen molar-refractivity contribution in [2.75, 3.05) is 25.8 Å². The maximum Gasteiger partial charge on any atom is 0.142 e. The van der Waals surface area contributed by atoms with E-state index in [1.165, 1.54) is 5.56 Å². The van der Waals surface area contributed by atoms with Crippen molar-refractivity contribution < 1.29 is 9.84 Å². The van der Waals surface area contributed by atoms with Crippen LogP contribution in [0.2, 0.25) is 0 Å². The molecule has 3 heteroatoms. The van der Waals surface area contributed by atoms with Gasteiger partial charge in [-0.25, -0.2) is 0 Å². The summed E-state index contributed by atoms with van der Waals surface area (Å²) in [5.74, 6) is 0.782. The fraction of sp³-hybridized carbons (Fsp3) is 0.538. The van der Waals surface area contributed by atoms with Crippen molar-refractivity contribution in [3.8, 4) is 5.75 Å². The van der Waals surface area contributed by atoms with Gasteiger partial charge in [0.15, 0.2) is 0 Å². The van der Waals surface area contributed by atoms with Crippen LogP contribution in [0.3, 0.4) is 0 Å². The van der Waals surface area contributed by atoms with Crippen molar-refractivity contribution in [3.05, 3.63) is 23.8 Å². The van der Waals surface area contributed by atoms with E-state index in [-0.39, 0.29) is 12.1 Å². The van der Waals surface area contributed by atoms with Crippen LogP contribution in [-0.4, -0.2) is 26.0 Å². The van der Waals surface area contributed by atoms with Gasteiger partial charge >= 0.3 is 0 Å². The van der Waals surface area contributed by atoms with Crippen LogP contribution in [0.4, 0.5) is 5.69 Å². The lowest BCUT2D eigenvalue weighted by molar-refractivity contribution is 0.296. The molecule has 0 saturated heterocycles. The van der Waals surface area contributed by atoms with Crippen molar-refractivity contribution in [2.45, 2.75) is 26.2 Å². The lowest BCUT2D eigenvalue weighted by Crippen LogP contribution is -2.20. The second kappa shape index (κ2) is 4.74. The molecule has 0 unspecified atom stereocenters. The Morgan fingerprint density at radius 2 is 1.94 bits per heavy atom. The predicted octanol–water partition coefficient (Wildman–Crippen LogP) is 2.38. The first kappa shape index (κ1) is 12.8. The minimum Gasteiger partial charge on any atom is -0.495 e. The van der Waals surface area contributed by atoms with E-state index in [2.05, 4.69) is 32.9 Å². The van der Waals surface area contributed by atoms with E-state index >= 15 is 0 Å². The first-order valence-corrected chi connectivity index (χ1v) is 5.40. The van der Waals surface area contributed by atoms with Gasteiger partial charge < -0.3 is 14.7 Å². The first-order valence-electron chi connectivity index (χ1n) is 5.40. The number of hydrogen-bond donors (Lipinski definition) is 1. The molecule has 0 aliphatic carbocycles. The minimum absolute atomic E-state index is 0.0239. The molecule has 1 rings (SSSR count). The van der Waals surface area contributed by atoms with Gasteiger partial charge in [0.25, 0.3) is 0 Å². The molecule has 0 heterocycles. The maximum atomic E-state index is 9.17. The smallest absolute Gasteiger partial charge is 0.142 e. The van der Waals surface area contributed by atoms with Crippen molar-refractivity contribution in [3.63, 3.8) is 0 Å². The van der Waals surface area contributed by atoms with E-state index in [0.29, 0.717) is 0 Å². The summed E-state index contributed by atoms with van der Waals surface area (Å²) in [6, 6.07) is 6.07. The molecule has 0 spiro atoms. The molecule has 0 radical (unpaired) electrons. The SMILES string of the molecule is COc1ccc(C(C)(C)C)cc1N(C)CO. The molecule has 0 saturated carbocycles. The lowest BCUT2D eigenvalue weighted by atomic mass is 9.86. The molecule has 0 atom stereocenters. The second-order valence-corrected chi connectivity index (χ2v) is 4.98. The van der Waals surface area contributed by atoms with E-state index in [1.807, 2.05) is 13.1 Å². The van der Waals surface area contributed by atoms with Crippen LogP contribution < -0.4 is 9.64 Å². The van der Waals surface area contributed by atoms with Gasteiger partial charge in [-0.2, -0.15) is 0 Å². The Kier molecular flexibility index (Phi) is 3.81. The predicted molar refractivity (Wildman–Crippen MR) is 67.2 cm³/mol. The fourth-order valence-electron chi connectivity index (χ4n) is 1.53. The van der Waals surface area contributed by atoms with Crippen LogP contribution in [-0.2, 0) is 5.41 Å². The molecule has 1 N–H and O–H groups in total. The molecule has 0 aliphatic rings. The number of ether oxygens (including phenoxy) is 1.